The van der Waals surface area contributed by atoms with Crippen LogP contribution in [0.5, 0.6) is 11.5 Å². The predicted molar refractivity (Wildman–Crippen MR) is 184 cm³/mol. The van der Waals surface area contributed by atoms with Gasteiger partial charge >= 0.3 is 0 Å². The number of allylic oxidation sites excluding steroid dienone is 6. The summed E-state index contributed by atoms with van der Waals surface area (Å²) in [4.78, 5) is 6.14. The minimum atomic E-state index is 0.669. The Balaban J connectivity index is 1.31. The van der Waals surface area contributed by atoms with E-state index in [0.717, 1.165) is 37.4 Å². The number of methoxy groups -OCH3 is 2. The van der Waals surface area contributed by atoms with Gasteiger partial charge in [0.15, 0.2) is 0 Å². The van der Waals surface area contributed by atoms with Crippen LogP contribution in [-0.2, 0) is 6.54 Å². The van der Waals surface area contributed by atoms with Crippen LogP contribution in [0.1, 0.15) is 44.5 Å². The monoisotopic (exact) mass is 635 g/mol. The fourth-order valence-electron chi connectivity index (χ4n) is 6.28. The highest BCUT2D eigenvalue weighted by atomic mass is 32.2. The van der Waals surface area contributed by atoms with Crippen molar-refractivity contribution in [1.82, 2.24) is 0 Å². The van der Waals surface area contributed by atoms with Crippen molar-refractivity contribution < 1.29 is 14.0 Å². The first-order valence-electron chi connectivity index (χ1n) is 14.6. The Morgan fingerprint density at radius 3 is 2.40 bits per heavy atom. The summed E-state index contributed by atoms with van der Waals surface area (Å²) >= 11 is 7.26. The van der Waals surface area contributed by atoms with Crippen LogP contribution >= 0.6 is 46.6 Å². The van der Waals surface area contributed by atoms with Gasteiger partial charge in [0, 0.05) is 23.6 Å². The second-order valence-corrected chi connectivity index (χ2v) is 14.5. The number of aromatic nitrogens is 1. The Kier molecular flexibility index (Phi) is 9.06. The zero-order chi connectivity index (χ0) is 29.4. The van der Waals surface area contributed by atoms with E-state index in [1.54, 1.807) is 37.7 Å². The Morgan fingerprint density at radius 2 is 1.69 bits per heavy atom. The molecule has 1 unspecified atom stereocenters. The van der Waals surface area contributed by atoms with Crippen LogP contribution in [0.3, 0.4) is 0 Å². The third kappa shape index (κ3) is 5.56. The molecule has 3 aliphatic rings. The molecule has 42 heavy (non-hydrogen) atoms. The zero-order valence-electron chi connectivity index (χ0n) is 25.3. The first kappa shape index (κ1) is 29.8. The summed E-state index contributed by atoms with van der Waals surface area (Å²) in [5, 5.41) is 2.64. The summed E-state index contributed by atoms with van der Waals surface area (Å²) in [6, 6.07) is 8.99. The molecule has 220 valence electrons. The Hall–Kier alpha value is -2.26. The number of anilines is 1. The number of rotatable bonds is 8. The van der Waals surface area contributed by atoms with Gasteiger partial charge in [0.05, 0.1) is 40.8 Å². The number of benzene rings is 2. The maximum Gasteiger partial charge on any atom is 0.263 e. The maximum absolute atomic E-state index is 5.70. The van der Waals surface area contributed by atoms with E-state index in [4.69, 9.17) is 9.47 Å². The van der Waals surface area contributed by atoms with Crippen molar-refractivity contribution >= 4 is 68.6 Å². The highest BCUT2D eigenvalue weighted by molar-refractivity contribution is 8.03. The second-order valence-electron chi connectivity index (χ2n) is 10.7. The molecule has 0 saturated carbocycles. The lowest BCUT2D eigenvalue weighted by Gasteiger charge is -2.28. The lowest BCUT2D eigenvalue weighted by molar-refractivity contribution is -0.665. The van der Waals surface area contributed by atoms with Crippen LogP contribution in [0.15, 0.2) is 78.9 Å². The Bertz CT molecular complexity index is 1650. The molecule has 4 nitrogen and oxygen atoms in total. The molecule has 2 aromatic carbocycles. The topological polar surface area (TPSA) is 25.6 Å². The molecule has 0 radical (unpaired) electrons. The number of hydrogen-bond acceptors (Lipinski definition) is 7. The third-order valence-electron chi connectivity index (χ3n) is 8.46. The molecular formula is C34H39N2O2S4+. The molecule has 1 atom stereocenters. The minimum Gasteiger partial charge on any atom is -0.496 e. The number of aryl methyl sites for hydroxylation is 1. The molecule has 2 heterocycles. The van der Waals surface area contributed by atoms with Crippen LogP contribution in [0.25, 0.3) is 16.3 Å². The Labute approximate surface area is 266 Å². The van der Waals surface area contributed by atoms with Gasteiger partial charge in [0.1, 0.15) is 22.7 Å². The highest BCUT2D eigenvalue weighted by Crippen LogP contribution is 2.50. The average molecular weight is 636 g/mol. The van der Waals surface area contributed by atoms with Crippen molar-refractivity contribution in [3.63, 3.8) is 0 Å². The van der Waals surface area contributed by atoms with Crippen molar-refractivity contribution in [2.75, 3.05) is 38.2 Å². The first-order chi connectivity index (χ1) is 20.5. The summed E-state index contributed by atoms with van der Waals surface area (Å²) in [6.45, 7) is 6.35. The molecule has 0 fully saturated rings. The molecule has 0 bridgehead atoms. The molecule has 3 aromatic rings. The summed E-state index contributed by atoms with van der Waals surface area (Å²) in [7, 11) is 3.53. The van der Waals surface area contributed by atoms with Gasteiger partial charge in [0.25, 0.3) is 5.01 Å². The van der Waals surface area contributed by atoms with Crippen molar-refractivity contribution in [3.8, 4) is 11.5 Å². The van der Waals surface area contributed by atoms with Gasteiger partial charge in [-0.15, -0.1) is 23.5 Å². The van der Waals surface area contributed by atoms with E-state index in [1.165, 1.54) is 70.2 Å². The fourth-order valence-corrected chi connectivity index (χ4v) is 10.0. The highest BCUT2D eigenvalue weighted by Gasteiger charge is 2.29. The van der Waals surface area contributed by atoms with Crippen molar-refractivity contribution in [2.45, 2.75) is 60.8 Å². The summed E-state index contributed by atoms with van der Waals surface area (Å²) in [5.41, 5.74) is 6.89. The van der Waals surface area contributed by atoms with Gasteiger partial charge in [-0.2, -0.15) is 4.57 Å². The van der Waals surface area contributed by atoms with Crippen molar-refractivity contribution in [1.29, 1.82) is 0 Å². The van der Waals surface area contributed by atoms with Crippen molar-refractivity contribution in [2.24, 2.45) is 5.92 Å². The van der Waals surface area contributed by atoms with Crippen LogP contribution in [0.2, 0.25) is 0 Å². The lowest BCUT2D eigenvalue weighted by atomic mass is 9.77. The smallest absolute Gasteiger partial charge is 0.263 e. The van der Waals surface area contributed by atoms with E-state index in [1.807, 2.05) is 23.1 Å². The van der Waals surface area contributed by atoms with Crippen LogP contribution < -0.4 is 18.9 Å². The van der Waals surface area contributed by atoms with E-state index < -0.39 is 0 Å². The number of nitrogens with zero attached hydrogens (tertiary/aromatic N) is 2. The fraction of sp³-hybridized carbons (Fsp3) is 0.382. The molecule has 0 spiro atoms. The van der Waals surface area contributed by atoms with Gasteiger partial charge < -0.3 is 14.4 Å². The number of fused-ring (bicyclic) bond motifs is 3. The second kappa shape index (κ2) is 12.8. The van der Waals surface area contributed by atoms with Gasteiger partial charge in [-0.3, -0.25) is 0 Å². The van der Waals surface area contributed by atoms with Gasteiger partial charge in [0.2, 0.25) is 5.52 Å². The molecule has 6 rings (SSSR count). The number of ether oxygens (including phenoxy) is 2. The van der Waals surface area contributed by atoms with Crippen LogP contribution in [0.4, 0.5) is 5.69 Å². The van der Waals surface area contributed by atoms with Crippen LogP contribution in [-0.4, -0.2) is 33.3 Å². The van der Waals surface area contributed by atoms with Gasteiger partial charge in [-0.25, -0.2) is 0 Å². The number of thioether (sulfide) groups is 3. The molecule has 2 aliphatic carbocycles. The molecular weight excluding hydrogens is 597 g/mol. The average Bonchev–Trinajstić information content (AvgIpc) is 3.54. The molecule has 0 N–H and O–H groups in total. The van der Waals surface area contributed by atoms with E-state index in [-0.39, 0.29) is 0 Å². The summed E-state index contributed by atoms with van der Waals surface area (Å²) in [5.74, 6) is 2.59. The molecule has 1 aromatic heterocycles. The Morgan fingerprint density at radius 1 is 0.952 bits per heavy atom. The summed E-state index contributed by atoms with van der Waals surface area (Å²) < 4.78 is 15.1. The largest absolute Gasteiger partial charge is 0.496 e. The molecule has 1 aliphatic heterocycles. The predicted octanol–water partition coefficient (Wildman–Crippen LogP) is 9.58. The normalized spacial score (nSPS) is 20.1. The number of hydrogen-bond donors (Lipinski definition) is 0. The molecule has 0 saturated heterocycles. The maximum atomic E-state index is 5.70. The minimum absolute atomic E-state index is 0.669. The van der Waals surface area contributed by atoms with E-state index in [0.29, 0.717) is 5.92 Å². The summed E-state index contributed by atoms with van der Waals surface area (Å²) in [6.07, 6.45) is 18.8. The van der Waals surface area contributed by atoms with Crippen molar-refractivity contribution in [3.05, 3.63) is 69.2 Å². The molecule has 0 amide bonds. The van der Waals surface area contributed by atoms with Gasteiger partial charge in [-0.1, -0.05) is 35.3 Å². The van der Waals surface area contributed by atoms with Gasteiger partial charge in [-0.05, 0) is 92.9 Å². The van der Waals surface area contributed by atoms with E-state index >= 15 is 0 Å². The standard InChI is InChI=1S/C34H39N2O2S4/c1-7-35-25-17-27(37-3)31(39-5)19-29(25)41-33(35)15-21-9-11-23-12-10-22(14-24(23)13-21)16-34-36(8-2)26-18-28(38-4)32(40-6)20-30(26)42-34/h13-20,23H,7-12H2,1-6H3/q+1. The SMILES string of the molecule is CCN1C(=CC2=CC3=CC(=Cc4sc5cc(SC)c(OC)cc5[n+]4CC)CCC3CC2)Sc2cc(SC)c(OC)cc21. The number of thiazole rings is 1. The quantitative estimate of drug-likeness (QED) is 0.181. The first-order valence-corrected chi connectivity index (χ1v) is 18.7. The third-order valence-corrected chi connectivity index (χ3v) is 12.2. The zero-order valence-corrected chi connectivity index (χ0v) is 28.5. The van der Waals surface area contributed by atoms with E-state index in [2.05, 4.69) is 84.4 Å². The van der Waals surface area contributed by atoms with E-state index in [9.17, 15) is 0 Å². The van der Waals surface area contributed by atoms with Crippen LogP contribution in [0, 0.1) is 5.92 Å². The molecule has 8 heteroatoms. The lowest BCUT2D eigenvalue weighted by Crippen LogP contribution is -2.33.